The third-order valence-corrected chi connectivity index (χ3v) is 7.26. The Morgan fingerprint density at radius 3 is 2.45 bits per heavy atom. The lowest BCUT2D eigenvalue weighted by Gasteiger charge is -2.15. The number of nitrogens with zero attached hydrogens (tertiary/aromatic N) is 1. The molecule has 1 heterocycles. The summed E-state index contributed by atoms with van der Waals surface area (Å²) in [4.78, 5) is 39.3. The lowest BCUT2D eigenvalue weighted by molar-refractivity contribution is -0.127. The van der Waals surface area contributed by atoms with Crippen molar-refractivity contribution in [3.8, 4) is 11.5 Å². The van der Waals surface area contributed by atoms with Gasteiger partial charge in [-0.2, -0.15) is 0 Å². The van der Waals surface area contributed by atoms with E-state index in [1.807, 2.05) is 32.0 Å². The Morgan fingerprint density at radius 2 is 1.79 bits per heavy atom. The Labute approximate surface area is 232 Å². The van der Waals surface area contributed by atoms with Gasteiger partial charge in [-0.1, -0.05) is 30.3 Å². The van der Waals surface area contributed by atoms with Crippen LogP contribution < -0.4 is 14.8 Å². The van der Waals surface area contributed by atoms with Crippen LogP contribution in [0, 0.1) is 19.7 Å². The summed E-state index contributed by atoms with van der Waals surface area (Å²) in [5.74, 6) is -0.505. The fraction of sp³-hybridized carbons (Fsp3) is 0.179. The van der Waals surface area contributed by atoms with Gasteiger partial charge in [0.05, 0.1) is 16.5 Å². The minimum absolute atomic E-state index is 0.184. The molecule has 1 aliphatic heterocycles. The van der Waals surface area contributed by atoms with E-state index in [2.05, 4.69) is 21.2 Å². The molecule has 1 aliphatic rings. The predicted octanol–water partition coefficient (Wildman–Crippen LogP) is 6.47. The number of carbonyl (C=O) groups is 3. The van der Waals surface area contributed by atoms with Crippen LogP contribution in [0.2, 0.25) is 0 Å². The van der Waals surface area contributed by atoms with Gasteiger partial charge in [-0.05, 0) is 94.1 Å². The summed E-state index contributed by atoms with van der Waals surface area (Å²) in [7, 11) is 1.49. The summed E-state index contributed by atoms with van der Waals surface area (Å²) in [6.07, 6.45) is 1.56. The molecular weight excluding hydrogens is 575 g/mol. The molecule has 3 amide bonds. The highest BCUT2D eigenvalue weighted by molar-refractivity contribution is 9.10. The predicted molar refractivity (Wildman–Crippen MR) is 149 cm³/mol. The number of ether oxygens (including phenoxy) is 2. The van der Waals surface area contributed by atoms with E-state index in [0.29, 0.717) is 27.2 Å². The van der Waals surface area contributed by atoms with E-state index in [0.717, 1.165) is 33.4 Å². The number of amides is 3. The molecule has 0 saturated carbocycles. The van der Waals surface area contributed by atoms with Gasteiger partial charge in [0.25, 0.3) is 11.1 Å². The first-order valence-corrected chi connectivity index (χ1v) is 13.1. The van der Waals surface area contributed by atoms with E-state index in [1.54, 1.807) is 30.3 Å². The number of methoxy groups -OCH3 is 1. The molecule has 0 unspecified atom stereocenters. The molecule has 0 spiro atoms. The topological polar surface area (TPSA) is 84.9 Å². The molecule has 0 radical (unpaired) electrons. The van der Waals surface area contributed by atoms with E-state index in [4.69, 9.17) is 9.47 Å². The molecule has 3 aromatic rings. The monoisotopic (exact) mass is 598 g/mol. The first-order valence-electron chi connectivity index (χ1n) is 11.5. The molecular formula is C28H24BrFN2O5S. The van der Waals surface area contributed by atoms with Crippen molar-refractivity contribution in [1.29, 1.82) is 0 Å². The molecule has 1 N–H and O–H groups in total. The summed E-state index contributed by atoms with van der Waals surface area (Å²) in [5.41, 5.74) is 3.81. The Hall–Kier alpha value is -3.63. The zero-order valence-electron chi connectivity index (χ0n) is 20.8. The van der Waals surface area contributed by atoms with Crippen molar-refractivity contribution in [3.05, 3.63) is 92.0 Å². The number of benzene rings is 3. The molecule has 1 fully saturated rings. The molecule has 0 atom stereocenters. The summed E-state index contributed by atoms with van der Waals surface area (Å²) in [6.45, 7) is 3.55. The number of imide groups is 1. The number of thioether (sulfide) groups is 1. The van der Waals surface area contributed by atoms with Gasteiger partial charge in [-0.25, -0.2) is 4.39 Å². The van der Waals surface area contributed by atoms with Crippen molar-refractivity contribution in [1.82, 2.24) is 4.90 Å². The fourth-order valence-corrected chi connectivity index (χ4v) is 5.23. The lowest BCUT2D eigenvalue weighted by Crippen LogP contribution is -2.36. The fourth-order valence-electron chi connectivity index (χ4n) is 3.82. The van der Waals surface area contributed by atoms with Crippen LogP contribution in [0.25, 0.3) is 6.08 Å². The van der Waals surface area contributed by atoms with Gasteiger partial charge in [0.1, 0.15) is 19.0 Å². The number of anilines is 1. The van der Waals surface area contributed by atoms with Gasteiger partial charge >= 0.3 is 0 Å². The van der Waals surface area contributed by atoms with Crippen molar-refractivity contribution in [3.63, 3.8) is 0 Å². The number of nitrogens with one attached hydrogen (secondary N) is 1. The summed E-state index contributed by atoms with van der Waals surface area (Å²) in [6, 6.07) is 15.0. The van der Waals surface area contributed by atoms with Crippen LogP contribution in [0.3, 0.4) is 0 Å². The molecule has 1 saturated heterocycles. The minimum atomic E-state index is -0.552. The summed E-state index contributed by atoms with van der Waals surface area (Å²) < 4.78 is 25.1. The number of carbonyl (C=O) groups excluding carboxylic acids is 3. The van der Waals surface area contributed by atoms with E-state index in [1.165, 1.54) is 19.2 Å². The Morgan fingerprint density at radius 1 is 1.11 bits per heavy atom. The maximum atomic E-state index is 13.2. The van der Waals surface area contributed by atoms with Gasteiger partial charge < -0.3 is 14.8 Å². The number of rotatable bonds is 8. The number of hydrogen-bond donors (Lipinski definition) is 1. The molecule has 0 aromatic heterocycles. The first kappa shape index (κ1) is 27.4. The van der Waals surface area contributed by atoms with Crippen LogP contribution in [0.5, 0.6) is 11.5 Å². The van der Waals surface area contributed by atoms with Gasteiger partial charge in [0, 0.05) is 5.69 Å². The molecule has 196 valence electrons. The quantitative estimate of drug-likeness (QED) is 0.299. The molecule has 0 bridgehead atoms. The number of para-hydroxylation sites is 1. The van der Waals surface area contributed by atoms with E-state index >= 15 is 0 Å². The van der Waals surface area contributed by atoms with Crippen LogP contribution in [0.1, 0.15) is 22.3 Å². The van der Waals surface area contributed by atoms with Gasteiger partial charge in [0.15, 0.2) is 11.5 Å². The highest BCUT2D eigenvalue weighted by atomic mass is 79.9. The van der Waals surface area contributed by atoms with E-state index < -0.39 is 17.1 Å². The van der Waals surface area contributed by atoms with Crippen LogP contribution in [-0.2, 0) is 16.2 Å². The average molecular weight is 599 g/mol. The molecule has 10 heteroatoms. The molecule has 38 heavy (non-hydrogen) atoms. The third-order valence-electron chi connectivity index (χ3n) is 5.77. The first-order chi connectivity index (χ1) is 18.2. The SMILES string of the molecule is COc1cc(/C=C2/SC(=O)N(CC(=O)Nc3c(C)cccc3C)C2=O)cc(Br)c1OCc1ccc(F)cc1. The maximum Gasteiger partial charge on any atom is 0.294 e. The van der Waals surface area contributed by atoms with Crippen molar-refractivity contribution in [2.24, 2.45) is 0 Å². The van der Waals surface area contributed by atoms with Crippen molar-refractivity contribution < 1.29 is 28.2 Å². The lowest BCUT2D eigenvalue weighted by atomic mass is 10.1. The minimum Gasteiger partial charge on any atom is -0.493 e. The van der Waals surface area contributed by atoms with Crippen molar-refractivity contribution in [2.45, 2.75) is 20.5 Å². The van der Waals surface area contributed by atoms with Crippen LogP contribution >= 0.6 is 27.7 Å². The van der Waals surface area contributed by atoms with Crippen LogP contribution in [0.15, 0.2) is 64.0 Å². The standard InChI is InChI=1S/C28H24BrFN2O5S/c1-16-5-4-6-17(2)25(16)31-24(33)14-32-27(34)23(38-28(32)35)13-19-11-21(29)26(22(12-19)36-3)37-15-18-7-9-20(30)10-8-18/h4-13H,14-15H2,1-3H3,(H,31,33)/b23-13+. The zero-order chi connectivity index (χ0) is 27.4. The zero-order valence-corrected chi connectivity index (χ0v) is 23.2. The highest BCUT2D eigenvalue weighted by Crippen LogP contribution is 2.39. The Bertz CT molecular complexity index is 1420. The third kappa shape index (κ3) is 6.25. The van der Waals surface area contributed by atoms with Crippen molar-refractivity contribution >= 4 is 56.5 Å². The smallest absolute Gasteiger partial charge is 0.294 e. The molecule has 0 aliphatic carbocycles. The van der Waals surface area contributed by atoms with E-state index in [-0.39, 0.29) is 23.9 Å². The second-order valence-corrected chi connectivity index (χ2v) is 10.4. The molecule has 7 nitrogen and oxygen atoms in total. The Balaban J connectivity index is 1.48. The van der Waals surface area contributed by atoms with Crippen molar-refractivity contribution in [2.75, 3.05) is 19.0 Å². The molecule has 3 aromatic carbocycles. The van der Waals surface area contributed by atoms with Gasteiger partial charge in [-0.15, -0.1) is 0 Å². The maximum absolute atomic E-state index is 13.2. The van der Waals surface area contributed by atoms with Gasteiger partial charge in [-0.3, -0.25) is 19.3 Å². The highest BCUT2D eigenvalue weighted by Gasteiger charge is 2.36. The number of aryl methyl sites for hydroxylation is 2. The summed E-state index contributed by atoms with van der Waals surface area (Å²) in [5, 5.41) is 2.27. The normalized spacial score (nSPS) is 14.2. The largest absolute Gasteiger partial charge is 0.493 e. The van der Waals surface area contributed by atoms with Crippen LogP contribution in [0.4, 0.5) is 14.9 Å². The Kier molecular flexibility index (Phi) is 8.53. The second kappa shape index (κ2) is 11.8. The van der Waals surface area contributed by atoms with Gasteiger partial charge in [0.2, 0.25) is 5.91 Å². The second-order valence-electron chi connectivity index (χ2n) is 8.53. The van der Waals surface area contributed by atoms with E-state index in [9.17, 15) is 18.8 Å². The number of halogens is 2. The average Bonchev–Trinajstić information content (AvgIpc) is 3.13. The number of hydrogen-bond acceptors (Lipinski definition) is 6. The summed E-state index contributed by atoms with van der Waals surface area (Å²) >= 11 is 4.24. The molecule has 4 rings (SSSR count). The van der Waals surface area contributed by atoms with Crippen LogP contribution in [-0.4, -0.2) is 35.6 Å².